The van der Waals surface area contributed by atoms with Gasteiger partial charge in [-0.05, 0) is 6.07 Å². The lowest BCUT2D eigenvalue weighted by Crippen LogP contribution is -2.08. The number of aliphatic hydroxyl groups excluding tert-OH is 1. The maximum absolute atomic E-state index is 11.5. The molecule has 0 aliphatic heterocycles. The quantitative estimate of drug-likeness (QED) is 0.769. The molecule has 17 heavy (non-hydrogen) atoms. The van der Waals surface area contributed by atoms with Crippen LogP contribution in [0.25, 0.3) is 10.9 Å². The van der Waals surface area contributed by atoms with Gasteiger partial charge in [-0.3, -0.25) is 9.59 Å². The molecular formula is C12H11NO4. The van der Waals surface area contributed by atoms with Crippen LogP contribution in [0.2, 0.25) is 0 Å². The molecule has 2 rings (SSSR count). The highest BCUT2D eigenvalue weighted by Gasteiger charge is 2.14. The van der Waals surface area contributed by atoms with Gasteiger partial charge in [0, 0.05) is 22.7 Å². The largest absolute Gasteiger partial charge is 0.480 e. The molecule has 0 aliphatic rings. The Bertz CT molecular complexity index is 585. The smallest absolute Gasteiger partial charge is 0.323 e. The standard InChI is InChI=1S/C12H11NO4/c14-7-11(15)9-5-13(6-12(16)17)10-4-2-1-3-8(9)10/h1-5,14H,6-7H2,(H,16,17). The lowest BCUT2D eigenvalue weighted by molar-refractivity contribution is -0.137. The zero-order valence-electron chi connectivity index (χ0n) is 8.96. The maximum Gasteiger partial charge on any atom is 0.323 e. The van der Waals surface area contributed by atoms with Crippen molar-refractivity contribution in [2.75, 3.05) is 6.61 Å². The number of para-hydroxylation sites is 1. The van der Waals surface area contributed by atoms with Crippen LogP contribution in [0.5, 0.6) is 0 Å². The van der Waals surface area contributed by atoms with Crippen molar-refractivity contribution in [3.05, 3.63) is 36.0 Å². The molecule has 5 heteroatoms. The van der Waals surface area contributed by atoms with Gasteiger partial charge in [0.25, 0.3) is 0 Å². The molecule has 0 fully saturated rings. The van der Waals surface area contributed by atoms with Gasteiger partial charge in [-0.15, -0.1) is 0 Å². The van der Waals surface area contributed by atoms with E-state index < -0.39 is 18.4 Å². The summed E-state index contributed by atoms with van der Waals surface area (Å²) in [5.74, 6) is -1.39. The molecule has 0 atom stereocenters. The van der Waals surface area contributed by atoms with Crippen LogP contribution in [0, 0.1) is 0 Å². The molecule has 0 saturated heterocycles. The van der Waals surface area contributed by atoms with Crippen molar-refractivity contribution in [1.82, 2.24) is 4.57 Å². The highest BCUT2D eigenvalue weighted by Crippen LogP contribution is 2.21. The van der Waals surface area contributed by atoms with Gasteiger partial charge in [0.15, 0.2) is 5.78 Å². The predicted molar refractivity (Wildman–Crippen MR) is 61.0 cm³/mol. The molecule has 0 aliphatic carbocycles. The molecule has 2 aromatic rings. The van der Waals surface area contributed by atoms with Crippen molar-refractivity contribution in [2.45, 2.75) is 6.54 Å². The van der Waals surface area contributed by atoms with E-state index in [9.17, 15) is 9.59 Å². The van der Waals surface area contributed by atoms with Crippen LogP contribution in [0.4, 0.5) is 0 Å². The summed E-state index contributed by atoms with van der Waals surface area (Å²) in [6.45, 7) is -0.791. The van der Waals surface area contributed by atoms with E-state index in [1.165, 1.54) is 10.8 Å². The third kappa shape index (κ3) is 2.05. The summed E-state index contributed by atoms with van der Waals surface area (Å²) < 4.78 is 1.49. The Labute approximate surface area is 96.9 Å². The van der Waals surface area contributed by atoms with Crippen molar-refractivity contribution < 1.29 is 19.8 Å². The number of aliphatic carboxylic acids is 1. The number of rotatable bonds is 4. The first kappa shape index (κ1) is 11.3. The molecule has 2 N–H and O–H groups in total. The summed E-state index contributed by atoms with van der Waals surface area (Å²) in [6, 6.07) is 7.01. The number of carbonyl (C=O) groups excluding carboxylic acids is 1. The normalized spacial score (nSPS) is 10.6. The maximum atomic E-state index is 11.5. The molecule has 0 unspecified atom stereocenters. The Kier molecular flexibility index (Phi) is 2.93. The lowest BCUT2D eigenvalue weighted by atomic mass is 10.1. The van der Waals surface area contributed by atoms with Crippen LogP contribution < -0.4 is 0 Å². The first-order valence-corrected chi connectivity index (χ1v) is 5.07. The minimum Gasteiger partial charge on any atom is -0.480 e. The lowest BCUT2D eigenvalue weighted by Gasteiger charge is -1.99. The topological polar surface area (TPSA) is 79.5 Å². The molecule has 0 bridgehead atoms. The van der Waals surface area contributed by atoms with Crippen LogP contribution >= 0.6 is 0 Å². The minimum absolute atomic E-state index is 0.209. The minimum atomic E-state index is -0.978. The molecule has 5 nitrogen and oxygen atoms in total. The number of benzene rings is 1. The molecule has 88 valence electrons. The zero-order valence-corrected chi connectivity index (χ0v) is 8.96. The van der Waals surface area contributed by atoms with E-state index in [2.05, 4.69) is 0 Å². The number of Topliss-reactive ketones (excluding diaryl/α,β-unsaturated/α-hetero) is 1. The molecule has 1 aromatic heterocycles. The summed E-state index contributed by atoms with van der Waals surface area (Å²) in [4.78, 5) is 22.2. The van der Waals surface area contributed by atoms with Crippen molar-refractivity contribution in [1.29, 1.82) is 0 Å². The molecule has 0 saturated carbocycles. The van der Waals surface area contributed by atoms with Crippen LogP contribution in [-0.4, -0.2) is 33.1 Å². The van der Waals surface area contributed by atoms with Gasteiger partial charge >= 0.3 is 5.97 Å². The highest BCUT2D eigenvalue weighted by atomic mass is 16.4. The molecule has 1 aromatic carbocycles. The van der Waals surface area contributed by atoms with E-state index in [0.717, 1.165) is 0 Å². The summed E-state index contributed by atoms with van der Waals surface area (Å²) in [5, 5.41) is 18.3. The van der Waals surface area contributed by atoms with Crippen LogP contribution in [-0.2, 0) is 11.3 Å². The fraction of sp³-hybridized carbons (Fsp3) is 0.167. The first-order chi connectivity index (χ1) is 8.13. The van der Waals surface area contributed by atoms with E-state index in [4.69, 9.17) is 10.2 Å². The Morgan fingerprint density at radius 3 is 2.59 bits per heavy atom. The number of hydrogen-bond donors (Lipinski definition) is 2. The van der Waals surface area contributed by atoms with Crippen molar-refractivity contribution in [3.8, 4) is 0 Å². The van der Waals surface area contributed by atoms with E-state index in [1.54, 1.807) is 24.3 Å². The average molecular weight is 233 g/mol. The van der Waals surface area contributed by atoms with Crippen LogP contribution in [0.1, 0.15) is 10.4 Å². The summed E-state index contributed by atoms with van der Waals surface area (Å²) in [7, 11) is 0. The Morgan fingerprint density at radius 1 is 1.24 bits per heavy atom. The monoisotopic (exact) mass is 233 g/mol. The second-order valence-electron chi connectivity index (χ2n) is 3.66. The third-order valence-corrected chi connectivity index (χ3v) is 2.54. The van der Waals surface area contributed by atoms with Gasteiger partial charge in [0.1, 0.15) is 13.2 Å². The summed E-state index contributed by atoms with van der Waals surface area (Å²) in [6.07, 6.45) is 1.47. The number of hydrogen-bond acceptors (Lipinski definition) is 3. The van der Waals surface area contributed by atoms with Gasteiger partial charge in [-0.25, -0.2) is 0 Å². The van der Waals surface area contributed by atoms with E-state index in [1.807, 2.05) is 0 Å². The molecule has 1 heterocycles. The van der Waals surface area contributed by atoms with Crippen molar-refractivity contribution >= 4 is 22.7 Å². The summed E-state index contributed by atoms with van der Waals surface area (Å²) >= 11 is 0. The zero-order chi connectivity index (χ0) is 12.4. The Balaban J connectivity index is 2.62. The van der Waals surface area contributed by atoms with Crippen molar-refractivity contribution in [3.63, 3.8) is 0 Å². The van der Waals surface area contributed by atoms with Gasteiger partial charge in [-0.1, -0.05) is 18.2 Å². The van der Waals surface area contributed by atoms with Gasteiger partial charge in [0.2, 0.25) is 0 Å². The van der Waals surface area contributed by atoms with Crippen molar-refractivity contribution in [2.24, 2.45) is 0 Å². The van der Waals surface area contributed by atoms with Gasteiger partial charge < -0.3 is 14.8 Å². The van der Waals surface area contributed by atoms with E-state index >= 15 is 0 Å². The predicted octanol–water partition coefficient (Wildman–Crippen LogP) is 0.901. The number of aromatic nitrogens is 1. The second kappa shape index (κ2) is 4.39. The van der Waals surface area contributed by atoms with E-state index in [0.29, 0.717) is 16.5 Å². The number of ketones is 1. The second-order valence-corrected chi connectivity index (χ2v) is 3.66. The third-order valence-electron chi connectivity index (χ3n) is 2.54. The number of carboxylic acid groups (broad SMARTS) is 1. The number of aliphatic hydroxyl groups is 1. The number of nitrogens with zero attached hydrogens (tertiary/aromatic N) is 1. The number of fused-ring (bicyclic) bond motifs is 1. The Hall–Kier alpha value is -2.14. The van der Waals surface area contributed by atoms with E-state index in [-0.39, 0.29) is 6.54 Å². The molecule has 0 amide bonds. The van der Waals surface area contributed by atoms with Gasteiger partial charge in [-0.2, -0.15) is 0 Å². The van der Waals surface area contributed by atoms with Crippen LogP contribution in [0.15, 0.2) is 30.5 Å². The van der Waals surface area contributed by atoms with Crippen LogP contribution in [0.3, 0.4) is 0 Å². The summed E-state index contributed by atoms with van der Waals surface area (Å²) in [5.41, 5.74) is 1.02. The Morgan fingerprint density at radius 2 is 1.94 bits per heavy atom. The molecular weight excluding hydrogens is 222 g/mol. The SMILES string of the molecule is O=C(O)Cn1cc(C(=O)CO)c2ccccc21. The molecule has 0 radical (unpaired) electrons. The fourth-order valence-electron chi connectivity index (χ4n) is 1.83. The van der Waals surface area contributed by atoms with Gasteiger partial charge in [0.05, 0.1) is 0 Å². The number of carboxylic acids is 1. The number of carbonyl (C=O) groups is 2. The first-order valence-electron chi connectivity index (χ1n) is 5.07. The highest BCUT2D eigenvalue weighted by molar-refractivity contribution is 6.08. The molecule has 0 spiro atoms. The fourth-order valence-corrected chi connectivity index (χ4v) is 1.83. The average Bonchev–Trinajstić information content (AvgIpc) is 2.67.